The molecule has 0 spiro atoms. The zero-order valence-electron chi connectivity index (χ0n) is 7.01. The van der Waals surface area contributed by atoms with Crippen molar-refractivity contribution in [2.45, 2.75) is 32.1 Å². The van der Waals surface area contributed by atoms with E-state index in [0.717, 1.165) is 19.1 Å². The van der Waals surface area contributed by atoms with Gasteiger partial charge in [-0.25, -0.2) is 0 Å². The lowest BCUT2D eigenvalue weighted by Crippen LogP contribution is -2.10. The summed E-state index contributed by atoms with van der Waals surface area (Å²) in [5, 5.41) is 0. The van der Waals surface area contributed by atoms with Gasteiger partial charge in [0.2, 0.25) is 0 Å². The van der Waals surface area contributed by atoms with Gasteiger partial charge in [-0.05, 0) is 24.3 Å². The second-order valence-electron chi connectivity index (χ2n) is 3.63. The Morgan fingerprint density at radius 3 is 2.64 bits per heavy atom. The van der Waals surface area contributed by atoms with E-state index >= 15 is 0 Å². The molecule has 0 saturated heterocycles. The molecule has 0 bridgehead atoms. The summed E-state index contributed by atoms with van der Waals surface area (Å²) in [6.45, 7) is 1.79. The van der Waals surface area contributed by atoms with E-state index in [1.54, 1.807) is 5.57 Å². The van der Waals surface area contributed by atoms with E-state index < -0.39 is 0 Å². The van der Waals surface area contributed by atoms with Crippen molar-refractivity contribution in [3.05, 3.63) is 11.6 Å². The second kappa shape index (κ2) is 3.40. The molecule has 1 saturated carbocycles. The van der Waals surface area contributed by atoms with Gasteiger partial charge in [-0.3, -0.25) is 0 Å². The third kappa shape index (κ3) is 1.64. The first-order chi connectivity index (χ1) is 5.47. The zero-order valence-corrected chi connectivity index (χ0v) is 7.01. The molecular formula is C10H16O. The highest BCUT2D eigenvalue weighted by atomic mass is 16.5. The fraction of sp³-hybridized carbons (Fsp3) is 0.800. The fourth-order valence-corrected chi connectivity index (χ4v) is 2.16. The SMILES string of the molecule is C1=C(C2CCCCC2)COC1. The van der Waals surface area contributed by atoms with Crippen molar-refractivity contribution in [3.63, 3.8) is 0 Å². The van der Waals surface area contributed by atoms with Crippen molar-refractivity contribution in [3.8, 4) is 0 Å². The summed E-state index contributed by atoms with van der Waals surface area (Å²) in [6.07, 6.45) is 9.43. The van der Waals surface area contributed by atoms with Crippen LogP contribution in [0.4, 0.5) is 0 Å². The molecule has 2 aliphatic rings. The third-order valence-electron chi connectivity index (χ3n) is 2.86. The molecule has 62 valence electrons. The first kappa shape index (κ1) is 7.35. The minimum absolute atomic E-state index is 0.867. The van der Waals surface area contributed by atoms with Crippen LogP contribution >= 0.6 is 0 Å². The quantitative estimate of drug-likeness (QED) is 0.525. The van der Waals surface area contributed by atoms with Crippen LogP contribution in [0.25, 0.3) is 0 Å². The Labute approximate surface area is 68.4 Å². The van der Waals surface area contributed by atoms with Gasteiger partial charge in [0.25, 0.3) is 0 Å². The Kier molecular flexibility index (Phi) is 2.27. The maximum atomic E-state index is 5.32. The zero-order chi connectivity index (χ0) is 7.52. The lowest BCUT2D eigenvalue weighted by atomic mass is 9.84. The maximum absolute atomic E-state index is 5.32. The summed E-state index contributed by atoms with van der Waals surface area (Å²) in [7, 11) is 0. The molecule has 1 aliphatic heterocycles. The van der Waals surface area contributed by atoms with Gasteiger partial charge in [-0.2, -0.15) is 0 Å². The predicted octanol–water partition coefficient (Wildman–Crippen LogP) is 2.52. The lowest BCUT2D eigenvalue weighted by Gasteiger charge is -2.22. The van der Waals surface area contributed by atoms with Crippen LogP contribution in [0.2, 0.25) is 0 Å². The Bertz CT molecular complexity index is 154. The molecule has 0 aromatic carbocycles. The van der Waals surface area contributed by atoms with Crippen LogP contribution in [0.5, 0.6) is 0 Å². The molecule has 11 heavy (non-hydrogen) atoms. The molecular weight excluding hydrogens is 136 g/mol. The largest absolute Gasteiger partial charge is 0.373 e. The number of hydrogen-bond donors (Lipinski definition) is 0. The summed E-state index contributed by atoms with van der Waals surface area (Å²) in [6, 6.07) is 0. The molecule has 1 aliphatic carbocycles. The van der Waals surface area contributed by atoms with Crippen molar-refractivity contribution in [2.75, 3.05) is 13.2 Å². The average Bonchev–Trinajstić information content (AvgIpc) is 2.58. The van der Waals surface area contributed by atoms with Gasteiger partial charge in [0.05, 0.1) is 13.2 Å². The highest BCUT2D eigenvalue weighted by molar-refractivity contribution is 5.11. The van der Waals surface area contributed by atoms with E-state index in [9.17, 15) is 0 Å². The van der Waals surface area contributed by atoms with E-state index in [4.69, 9.17) is 4.74 Å². The second-order valence-corrected chi connectivity index (χ2v) is 3.63. The minimum Gasteiger partial charge on any atom is -0.373 e. The van der Waals surface area contributed by atoms with Crippen LogP contribution in [0.15, 0.2) is 11.6 Å². The minimum atomic E-state index is 0.867. The van der Waals surface area contributed by atoms with Gasteiger partial charge in [-0.15, -0.1) is 0 Å². The topological polar surface area (TPSA) is 9.23 Å². The fourth-order valence-electron chi connectivity index (χ4n) is 2.16. The van der Waals surface area contributed by atoms with Crippen LogP contribution < -0.4 is 0 Å². The monoisotopic (exact) mass is 152 g/mol. The van der Waals surface area contributed by atoms with Crippen LogP contribution in [0.3, 0.4) is 0 Å². The molecule has 0 radical (unpaired) electrons. The number of rotatable bonds is 1. The standard InChI is InChI=1S/C10H16O/c1-2-4-9(5-3-1)10-6-7-11-8-10/h6,9H,1-5,7-8H2. The van der Waals surface area contributed by atoms with Gasteiger partial charge in [0, 0.05) is 0 Å². The van der Waals surface area contributed by atoms with E-state index in [1.807, 2.05) is 0 Å². The normalized spacial score (nSPS) is 27.1. The highest BCUT2D eigenvalue weighted by Crippen LogP contribution is 2.30. The van der Waals surface area contributed by atoms with Crippen molar-refractivity contribution in [1.82, 2.24) is 0 Å². The van der Waals surface area contributed by atoms with Crippen molar-refractivity contribution in [1.29, 1.82) is 0 Å². The van der Waals surface area contributed by atoms with Crippen LogP contribution in [0, 0.1) is 5.92 Å². The maximum Gasteiger partial charge on any atom is 0.0684 e. The lowest BCUT2D eigenvalue weighted by molar-refractivity contribution is 0.199. The van der Waals surface area contributed by atoms with E-state index in [1.165, 1.54) is 32.1 Å². The molecule has 1 heteroatoms. The van der Waals surface area contributed by atoms with Crippen molar-refractivity contribution < 1.29 is 4.74 Å². The molecule has 1 nitrogen and oxygen atoms in total. The molecule has 0 amide bonds. The molecule has 0 atom stereocenters. The molecule has 1 heterocycles. The van der Waals surface area contributed by atoms with E-state index in [-0.39, 0.29) is 0 Å². The summed E-state index contributed by atoms with van der Waals surface area (Å²) in [5.41, 5.74) is 1.59. The Morgan fingerprint density at radius 2 is 2.00 bits per heavy atom. The van der Waals surface area contributed by atoms with Gasteiger partial charge in [-0.1, -0.05) is 25.3 Å². The first-order valence-electron chi connectivity index (χ1n) is 4.73. The smallest absolute Gasteiger partial charge is 0.0684 e. The van der Waals surface area contributed by atoms with Gasteiger partial charge in [0.1, 0.15) is 0 Å². The van der Waals surface area contributed by atoms with Gasteiger partial charge < -0.3 is 4.74 Å². The van der Waals surface area contributed by atoms with E-state index in [2.05, 4.69) is 6.08 Å². The van der Waals surface area contributed by atoms with E-state index in [0.29, 0.717) is 0 Å². The summed E-state index contributed by atoms with van der Waals surface area (Å²) < 4.78 is 5.32. The third-order valence-corrected chi connectivity index (χ3v) is 2.86. The molecule has 2 rings (SSSR count). The van der Waals surface area contributed by atoms with Crippen molar-refractivity contribution in [2.24, 2.45) is 5.92 Å². The number of ether oxygens (including phenoxy) is 1. The summed E-state index contributed by atoms with van der Waals surface area (Å²) in [4.78, 5) is 0. The summed E-state index contributed by atoms with van der Waals surface area (Å²) >= 11 is 0. The molecule has 0 N–H and O–H groups in total. The molecule has 0 unspecified atom stereocenters. The Hall–Kier alpha value is -0.300. The predicted molar refractivity (Wildman–Crippen MR) is 45.5 cm³/mol. The van der Waals surface area contributed by atoms with Crippen LogP contribution in [-0.2, 0) is 4.74 Å². The van der Waals surface area contributed by atoms with Crippen LogP contribution in [-0.4, -0.2) is 13.2 Å². The average molecular weight is 152 g/mol. The van der Waals surface area contributed by atoms with Gasteiger partial charge >= 0.3 is 0 Å². The van der Waals surface area contributed by atoms with Gasteiger partial charge in [0.15, 0.2) is 0 Å². The van der Waals surface area contributed by atoms with Crippen molar-refractivity contribution >= 4 is 0 Å². The molecule has 0 aromatic heterocycles. The molecule has 1 fully saturated rings. The Balaban J connectivity index is 1.92. The Morgan fingerprint density at radius 1 is 1.18 bits per heavy atom. The highest BCUT2D eigenvalue weighted by Gasteiger charge is 2.19. The first-order valence-corrected chi connectivity index (χ1v) is 4.73. The molecule has 0 aromatic rings. The van der Waals surface area contributed by atoms with Crippen LogP contribution in [0.1, 0.15) is 32.1 Å². The summed E-state index contributed by atoms with van der Waals surface area (Å²) in [5.74, 6) is 0.881. The number of hydrogen-bond acceptors (Lipinski definition) is 1.